The second kappa shape index (κ2) is 4.66. The molecule has 0 atom stereocenters. The number of carbonyl (C=O) groups excluding carboxylic acids is 1. The Morgan fingerprint density at radius 1 is 1.50 bits per heavy atom. The van der Waals surface area contributed by atoms with Crippen LogP contribution in [-0.2, 0) is 0 Å². The van der Waals surface area contributed by atoms with Gasteiger partial charge >= 0.3 is 0 Å². The predicted octanol–water partition coefficient (Wildman–Crippen LogP) is 1.97. The maximum atomic E-state index is 12.0. The molecule has 0 unspecified atom stereocenters. The lowest BCUT2D eigenvalue weighted by Crippen LogP contribution is -2.27. The third-order valence-corrected chi connectivity index (χ3v) is 2.95. The lowest BCUT2D eigenvalue weighted by molar-refractivity contribution is 0.0942. The number of carbonyl (C=O) groups is 1. The van der Waals surface area contributed by atoms with E-state index in [0.717, 1.165) is 11.3 Å². The minimum atomic E-state index is 0.160. The van der Waals surface area contributed by atoms with Crippen molar-refractivity contribution in [2.45, 2.75) is 18.9 Å². The predicted molar refractivity (Wildman–Crippen MR) is 63.0 cm³/mol. The number of methoxy groups -OCH3 is 1. The lowest BCUT2D eigenvalue weighted by atomic mass is 10.1. The number of hydrogen-bond acceptors (Lipinski definition) is 3. The van der Waals surface area contributed by atoms with Crippen LogP contribution in [-0.4, -0.2) is 37.4 Å². The van der Waals surface area contributed by atoms with Gasteiger partial charge in [0.25, 0.3) is 0 Å². The summed E-state index contributed by atoms with van der Waals surface area (Å²) < 4.78 is 5.10. The highest BCUT2D eigenvalue weighted by Crippen LogP contribution is 2.25. The molecule has 1 aliphatic carbocycles. The zero-order valence-corrected chi connectivity index (χ0v) is 9.77. The zero-order valence-electron chi connectivity index (χ0n) is 9.77. The van der Waals surface area contributed by atoms with Crippen molar-refractivity contribution in [1.29, 1.82) is 0 Å². The summed E-state index contributed by atoms with van der Waals surface area (Å²) in [6.45, 7) is 0.498. The quantitative estimate of drug-likeness (QED) is 0.709. The molecule has 1 saturated carbocycles. The Kier molecular flexibility index (Phi) is 3.25. The van der Waals surface area contributed by atoms with Gasteiger partial charge in [-0.25, -0.2) is 0 Å². The molecular formula is C13H17NO2. The van der Waals surface area contributed by atoms with Gasteiger partial charge in [0.15, 0.2) is 5.78 Å². The van der Waals surface area contributed by atoms with Gasteiger partial charge in [-0.15, -0.1) is 0 Å². The van der Waals surface area contributed by atoms with Crippen LogP contribution in [0.5, 0.6) is 5.75 Å². The van der Waals surface area contributed by atoms with E-state index in [4.69, 9.17) is 4.74 Å². The number of hydrogen-bond donors (Lipinski definition) is 0. The van der Waals surface area contributed by atoms with Gasteiger partial charge in [0, 0.05) is 11.6 Å². The number of benzene rings is 1. The van der Waals surface area contributed by atoms with Crippen LogP contribution in [0.3, 0.4) is 0 Å². The minimum Gasteiger partial charge on any atom is -0.497 e. The average Bonchev–Trinajstić information content (AvgIpc) is 3.13. The van der Waals surface area contributed by atoms with Crippen molar-refractivity contribution in [3.05, 3.63) is 29.8 Å². The largest absolute Gasteiger partial charge is 0.497 e. The average molecular weight is 219 g/mol. The summed E-state index contributed by atoms with van der Waals surface area (Å²) >= 11 is 0. The highest BCUT2D eigenvalue weighted by atomic mass is 16.5. The van der Waals surface area contributed by atoms with Gasteiger partial charge in [-0.05, 0) is 32.0 Å². The van der Waals surface area contributed by atoms with E-state index < -0.39 is 0 Å². The molecule has 1 fully saturated rings. The Morgan fingerprint density at radius 2 is 2.25 bits per heavy atom. The molecule has 0 aromatic heterocycles. The van der Waals surface area contributed by atoms with Gasteiger partial charge in [0.05, 0.1) is 13.7 Å². The molecule has 0 bridgehead atoms. The Morgan fingerprint density at radius 3 is 2.88 bits per heavy atom. The van der Waals surface area contributed by atoms with Crippen LogP contribution in [0, 0.1) is 0 Å². The summed E-state index contributed by atoms with van der Waals surface area (Å²) in [6.07, 6.45) is 2.45. The molecule has 0 saturated heterocycles. The van der Waals surface area contributed by atoms with Crippen LogP contribution in [0.15, 0.2) is 24.3 Å². The van der Waals surface area contributed by atoms with E-state index in [1.807, 2.05) is 25.2 Å². The van der Waals surface area contributed by atoms with Crippen LogP contribution in [0.1, 0.15) is 23.2 Å². The van der Waals surface area contributed by atoms with Gasteiger partial charge in [-0.2, -0.15) is 0 Å². The van der Waals surface area contributed by atoms with E-state index in [-0.39, 0.29) is 5.78 Å². The first-order valence-corrected chi connectivity index (χ1v) is 5.58. The van der Waals surface area contributed by atoms with E-state index in [2.05, 4.69) is 4.90 Å². The van der Waals surface area contributed by atoms with Gasteiger partial charge in [0.1, 0.15) is 5.75 Å². The fraction of sp³-hybridized carbons (Fsp3) is 0.462. The number of Topliss-reactive ketones (excluding diaryl/α,β-unsaturated/α-hetero) is 1. The molecule has 3 heteroatoms. The summed E-state index contributed by atoms with van der Waals surface area (Å²) in [7, 11) is 3.62. The van der Waals surface area contributed by atoms with E-state index in [1.165, 1.54) is 12.8 Å². The van der Waals surface area contributed by atoms with E-state index >= 15 is 0 Å². The Labute approximate surface area is 96.0 Å². The molecule has 16 heavy (non-hydrogen) atoms. The number of likely N-dealkylation sites (N-methyl/N-ethyl adjacent to an activating group) is 1. The first-order chi connectivity index (χ1) is 7.70. The van der Waals surface area contributed by atoms with Crippen LogP contribution in [0.25, 0.3) is 0 Å². The Balaban J connectivity index is 2.01. The summed E-state index contributed by atoms with van der Waals surface area (Å²) in [6, 6.07) is 7.95. The van der Waals surface area contributed by atoms with Crippen LogP contribution in [0.2, 0.25) is 0 Å². The molecule has 1 aromatic carbocycles. The molecule has 0 amide bonds. The zero-order chi connectivity index (χ0) is 11.5. The number of nitrogens with zero attached hydrogens (tertiary/aromatic N) is 1. The van der Waals surface area contributed by atoms with Crippen molar-refractivity contribution in [1.82, 2.24) is 4.90 Å². The second-order valence-corrected chi connectivity index (χ2v) is 4.30. The second-order valence-electron chi connectivity index (χ2n) is 4.30. The topological polar surface area (TPSA) is 29.5 Å². The molecule has 0 heterocycles. The first-order valence-electron chi connectivity index (χ1n) is 5.58. The summed E-state index contributed by atoms with van der Waals surface area (Å²) in [5.41, 5.74) is 0.729. The SMILES string of the molecule is COc1cccc(C(=O)CN(C)C2CC2)c1. The van der Waals surface area contributed by atoms with Crippen molar-refractivity contribution in [3.63, 3.8) is 0 Å². The Bertz CT molecular complexity index is 385. The summed E-state index contributed by atoms with van der Waals surface area (Å²) in [4.78, 5) is 14.1. The molecule has 0 N–H and O–H groups in total. The molecule has 0 spiro atoms. The molecule has 2 rings (SSSR count). The molecular weight excluding hydrogens is 202 g/mol. The molecule has 0 radical (unpaired) electrons. The van der Waals surface area contributed by atoms with Gasteiger partial charge < -0.3 is 4.74 Å². The van der Waals surface area contributed by atoms with E-state index in [0.29, 0.717) is 12.6 Å². The minimum absolute atomic E-state index is 0.160. The molecule has 3 nitrogen and oxygen atoms in total. The Hall–Kier alpha value is -1.35. The number of ether oxygens (including phenoxy) is 1. The lowest BCUT2D eigenvalue weighted by Gasteiger charge is -2.14. The number of ketones is 1. The highest BCUT2D eigenvalue weighted by molar-refractivity contribution is 5.97. The normalized spacial score (nSPS) is 15.2. The highest BCUT2D eigenvalue weighted by Gasteiger charge is 2.27. The fourth-order valence-electron chi connectivity index (χ4n) is 1.76. The van der Waals surface area contributed by atoms with E-state index in [1.54, 1.807) is 13.2 Å². The van der Waals surface area contributed by atoms with Crippen molar-refractivity contribution >= 4 is 5.78 Å². The van der Waals surface area contributed by atoms with Crippen molar-refractivity contribution < 1.29 is 9.53 Å². The summed E-state index contributed by atoms with van der Waals surface area (Å²) in [5.74, 6) is 0.897. The van der Waals surface area contributed by atoms with E-state index in [9.17, 15) is 4.79 Å². The summed E-state index contributed by atoms with van der Waals surface area (Å²) in [5, 5.41) is 0. The van der Waals surface area contributed by atoms with Crippen molar-refractivity contribution in [2.75, 3.05) is 20.7 Å². The monoisotopic (exact) mass is 219 g/mol. The standard InChI is InChI=1S/C13H17NO2/c1-14(11-6-7-11)9-13(15)10-4-3-5-12(8-10)16-2/h3-5,8,11H,6-7,9H2,1-2H3. The maximum Gasteiger partial charge on any atom is 0.176 e. The van der Waals surface area contributed by atoms with Gasteiger partial charge in [0.2, 0.25) is 0 Å². The van der Waals surface area contributed by atoms with Gasteiger partial charge in [-0.3, -0.25) is 9.69 Å². The molecule has 86 valence electrons. The van der Waals surface area contributed by atoms with Crippen LogP contribution < -0.4 is 4.74 Å². The van der Waals surface area contributed by atoms with Crippen molar-refractivity contribution in [3.8, 4) is 5.75 Å². The van der Waals surface area contributed by atoms with Crippen LogP contribution in [0.4, 0.5) is 0 Å². The third-order valence-electron chi connectivity index (χ3n) is 2.95. The smallest absolute Gasteiger partial charge is 0.176 e. The van der Waals surface area contributed by atoms with Gasteiger partial charge in [-0.1, -0.05) is 12.1 Å². The molecule has 1 aromatic rings. The fourth-order valence-corrected chi connectivity index (χ4v) is 1.76. The number of rotatable bonds is 5. The maximum absolute atomic E-state index is 12.0. The third kappa shape index (κ3) is 2.61. The molecule has 1 aliphatic rings. The van der Waals surface area contributed by atoms with Crippen LogP contribution >= 0.6 is 0 Å². The van der Waals surface area contributed by atoms with Crippen molar-refractivity contribution in [2.24, 2.45) is 0 Å². The first kappa shape index (κ1) is 11.1. The molecule has 0 aliphatic heterocycles.